The molecule has 7 heteroatoms. The summed E-state index contributed by atoms with van der Waals surface area (Å²) in [5.41, 5.74) is 5.62. The molecule has 0 aliphatic heterocycles. The molecular weight excluding hydrogens is 254 g/mol. The predicted octanol–water partition coefficient (Wildman–Crippen LogP) is 0.831. The van der Waals surface area contributed by atoms with Crippen molar-refractivity contribution in [1.29, 1.82) is 0 Å². The Morgan fingerprint density at radius 3 is 2.72 bits per heavy atom. The average Bonchev–Trinajstić information content (AvgIpc) is 2.83. The van der Waals surface area contributed by atoms with Crippen molar-refractivity contribution < 1.29 is 14.7 Å². The maximum absolute atomic E-state index is 11.8. The maximum Gasteiger partial charge on any atom is 0.326 e. The van der Waals surface area contributed by atoms with E-state index in [-0.39, 0.29) is 18.2 Å². The number of thiazole rings is 1. The van der Waals surface area contributed by atoms with Gasteiger partial charge in [0.2, 0.25) is 0 Å². The van der Waals surface area contributed by atoms with Gasteiger partial charge in [-0.1, -0.05) is 20.3 Å². The third-order valence-corrected chi connectivity index (χ3v) is 3.60. The molecule has 1 aromatic heterocycles. The van der Waals surface area contributed by atoms with Crippen molar-refractivity contribution in [3.8, 4) is 0 Å². The van der Waals surface area contributed by atoms with Crippen LogP contribution in [0.5, 0.6) is 0 Å². The zero-order valence-corrected chi connectivity index (χ0v) is 11.2. The average molecular weight is 271 g/mol. The van der Waals surface area contributed by atoms with Crippen LogP contribution in [0.15, 0.2) is 5.38 Å². The standard InChI is InChI=1S/C11H17N3O3S/c1-3-6(2)9(11(16)17)14-10(15)7-5-18-8(4-12)13-7/h5-6,9H,3-4,12H2,1-2H3,(H,14,15)(H,16,17)/t6?,9-/m0/s1. The normalized spacial score (nSPS) is 13.9. The van der Waals surface area contributed by atoms with Crippen LogP contribution in [0.2, 0.25) is 0 Å². The zero-order chi connectivity index (χ0) is 13.7. The fourth-order valence-electron chi connectivity index (χ4n) is 1.41. The highest BCUT2D eigenvalue weighted by atomic mass is 32.1. The first kappa shape index (κ1) is 14.6. The van der Waals surface area contributed by atoms with Crippen LogP contribution in [0.25, 0.3) is 0 Å². The van der Waals surface area contributed by atoms with Crippen LogP contribution < -0.4 is 11.1 Å². The summed E-state index contributed by atoms with van der Waals surface area (Å²) in [5, 5.41) is 13.8. The molecule has 0 radical (unpaired) electrons. The quantitative estimate of drug-likeness (QED) is 0.710. The van der Waals surface area contributed by atoms with Crippen LogP contribution >= 0.6 is 11.3 Å². The number of carbonyl (C=O) groups excluding carboxylic acids is 1. The summed E-state index contributed by atoms with van der Waals surface area (Å²) in [5.74, 6) is -1.65. The number of hydrogen-bond donors (Lipinski definition) is 3. The van der Waals surface area contributed by atoms with Gasteiger partial charge in [0.05, 0.1) is 0 Å². The van der Waals surface area contributed by atoms with Gasteiger partial charge in [-0.2, -0.15) is 0 Å². The Kier molecular flexibility index (Phi) is 5.24. The number of rotatable bonds is 6. The highest BCUT2D eigenvalue weighted by molar-refractivity contribution is 7.09. The van der Waals surface area contributed by atoms with Crippen molar-refractivity contribution in [1.82, 2.24) is 10.3 Å². The van der Waals surface area contributed by atoms with Crippen LogP contribution in [0, 0.1) is 5.92 Å². The second-order valence-electron chi connectivity index (χ2n) is 4.01. The molecule has 0 bridgehead atoms. The highest BCUT2D eigenvalue weighted by Gasteiger charge is 2.26. The Morgan fingerprint density at radius 2 is 2.28 bits per heavy atom. The molecule has 1 aromatic rings. The number of nitrogens with two attached hydrogens (primary N) is 1. The van der Waals surface area contributed by atoms with Crippen molar-refractivity contribution in [3.63, 3.8) is 0 Å². The third-order valence-electron chi connectivity index (χ3n) is 2.72. The van der Waals surface area contributed by atoms with Gasteiger partial charge in [0.1, 0.15) is 16.7 Å². The number of carbonyl (C=O) groups is 2. The number of aromatic nitrogens is 1. The minimum absolute atomic E-state index is 0.140. The molecule has 0 saturated heterocycles. The van der Waals surface area contributed by atoms with Crippen molar-refractivity contribution in [2.24, 2.45) is 11.7 Å². The number of nitrogens with one attached hydrogen (secondary N) is 1. The Bertz CT molecular complexity index is 433. The molecule has 6 nitrogen and oxygen atoms in total. The maximum atomic E-state index is 11.8. The SMILES string of the molecule is CCC(C)[C@H](NC(=O)c1csc(CN)n1)C(=O)O. The minimum Gasteiger partial charge on any atom is -0.480 e. The van der Waals surface area contributed by atoms with Gasteiger partial charge in [0, 0.05) is 11.9 Å². The number of hydrogen-bond acceptors (Lipinski definition) is 5. The second-order valence-corrected chi connectivity index (χ2v) is 4.95. The Hall–Kier alpha value is -1.47. The van der Waals surface area contributed by atoms with E-state index in [9.17, 15) is 9.59 Å². The van der Waals surface area contributed by atoms with Crippen LogP contribution in [0.4, 0.5) is 0 Å². The Labute approximate surface area is 109 Å². The first-order valence-corrected chi connectivity index (χ1v) is 6.55. The van der Waals surface area contributed by atoms with Gasteiger partial charge >= 0.3 is 5.97 Å². The van der Waals surface area contributed by atoms with E-state index in [4.69, 9.17) is 10.8 Å². The number of amides is 1. The fraction of sp³-hybridized carbons (Fsp3) is 0.545. The van der Waals surface area contributed by atoms with E-state index in [1.807, 2.05) is 6.92 Å². The first-order valence-electron chi connectivity index (χ1n) is 5.67. The summed E-state index contributed by atoms with van der Waals surface area (Å²) in [7, 11) is 0. The molecule has 18 heavy (non-hydrogen) atoms. The van der Waals surface area contributed by atoms with Gasteiger partial charge in [0.25, 0.3) is 5.91 Å². The fourth-order valence-corrected chi connectivity index (χ4v) is 2.06. The molecule has 4 N–H and O–H groups in total. The van der Waals surface area contributed by atoms with E-state index in [0.717, 1.165) is 0 Å². The lowest BCUT2D eigenvalue weighted by Gasteiger charge is -2.19. The monoisotopic (exact) mass is 271 g/mol. The van der Waals surface area contributed by atoms with Crippen molar-refractivity contribution in [3.05, 3.63) is 16.1 Å². The lowest BCUT2D eigenvalue weighted by molar-refractivity contribution is -0.140. The molecule has 1 amide bonds. The van der Waals surface area contributed by atoms with Crippen LogP contribution in [-0.4, -0.2) is 28.0 Å². The van der Waals surface area contributed by atoms with Crippen LogP contribution in [-0.2, 0) is 11.3 Å². The molecule has 1 unspecified atom stereocenters. The van der Waals surface area contributed by atoms with E-state index >= 15 is 0 Å². The Morgan fingerprint density at radius 1 is 1.61 bits per heavy atom. The largest absolute Gasteiger partial charge is 0.480 e. The van der Waals surface area contributed by atoms with Gasteiger partial charge in [-0.25, -0.2) is 9.78 Å². The number of nitrogens with zero attached hydrogens (tertiary/aromatic N) is 1. The molecule has 0 fully saturated rings. The lowest BCUT2D eigenvalue weighted by atomic mass is 9.99. The molecule has 0 saturated carbocycles. The van der Waals surface area contributed by atoms with Crippen LogP contribution in [0.1, 0.15) is 35.8 Å². The lowest BCUT2D eigenvalue weighted by Crippen LogP contribution is -2.45. The summed E-state index contributed by atoms with van der Waals surface area (Å²) >= 11 is 1.28. The van der Waals surface area contributed by atoms with Crippen molar-refractivity contribution in [2.45, 2.75) is 32.9 Å². The van der Waals surface area contributed by atoms with Crippen LogP contribution in [0.3, 0.4) is 0 Å². The van der Waals surface area contributed by atoms with Gasteiger partial charge in [-0.05, 0) is 5.92 Å². The summed E-state index contributed by atoms with van der Waals surface area (Å²) in [6, 6.07) is -0.898. The third kappa shape index (κ3) is 3.51. The molecule has 0 aromatic carbocycles. The van der Waals surface area contributed by atoms with Gasteiger partial charge in [-0.15, -0.1) is 11.3 Å². The molecule has 0 aliphatic rings. The topological polar surface area (TPSA) is 105 Å². The molecule has 1 rings (SSSR count). The highest BCUT2D eigenvalue weighted by Crippen LogP contribution is 2.12. The van der Waals surface area contributed by atoms with E-state index in [1.54, 1.807) is 12.3 Å². The summed E-state index contributed by atoms with van der Waals surface area (Å²) in [4.78, 5) is 26.9. The number of carboxylic acids is 1. The molecule has 1 heterocycles. The van der Waals surface area contributed by atoms with Gasteiger partial charge in [0.15, 0.2) is 0 Å². The number of carboxylic acid groups (broad SMARTS) is 1. The molecule has 2 atom stereocenters. The molecule has 0 aliphatic carbocycles. The van der Waals surface area contributed by atoms with Crippen molar-refractivity contribution >= 4 is 23.2 Å². The first-order chi connectivity index (χ1) is 8.49. The summed E-state index contributed by atoms with van der Waals surface area (Å²) in [6.45, 7) is 3.93. The zero-order valence-electron chi connectivity index (χ0n) is 10.3. The van der Waals surface area contributed by atoms with E-state index in [0.29, 0.717) is 11.4 Å². The smallest absolute Gasteiger partial charge is 0.326 e. The molecular formula is C11H17N3O3S. The molecule has 0 spiro atoms. The van der Waals surface area contributed by atoms with E-state index in [1.165, 1.54) is 11.3 Å². The summed E-state index contributed by atoms with van der Waals surface area (Å²) in [6.07, 6.45) is 0.669. The van der Waals surface area contributed by atoms with Gasteiger partial charge < -0.3 is 16.2 Å². The van der Waals surface area contributed by atoms with E-state index in [2.05, 4.69) is 10.3 Å². The second kappa shape index (κ2) is 6.46. The summed E-state index contributed by atoms with van der Waals surface area (Å²) < 4.78 is 0. The minimum atomic E-state index is -1.04. The van der Waals surface area contributed by atoms with E-state index < -0.39 is 17.9 Å². The number of aliphatic carboxylic acids is 1. The predicted molar refractivity (Wildman–Crippen MR) is 68.4 cm³/mol. The Balaban J connectivity index is 2.75. The van der Waals surface area contributed by atoms with Crippen molar-refractivity contribution in [2.75, 3.05) is 0 Å². The van der Waals surface area contributed by atoms with Gasteiger partial charge in [-0.3, -0.25) is 4.79 Å². The molecule has 100 valence electrons.